The highest BCUT2D eigenvalue weighted by molar-refractivity contribution is 5.62. The Hall–Kier alpha value is -3.43. The zero-order valence-corrected chi connectivity index (χ0v) is 16.0. The van der Waals surface area contributed by atoms with Crippen molar-refractivity contribution in [2.45, 2.75) is 39.8 Å². The van der Waals surface area contributed by atoms with Gasteiger partial charge in [0.2, 0.25) is 0 Å². The monoisotopic (exact) mass is 384 g/mol. The number of aromatic amines is 1. The average Bonchev–Trinajstić information content (AvgIpc) is 3.15. The number of benzene rings is 1. The Kier molecular flexibility index (Phi) is 5.87. The zero-order valence-electron chi connectivity index (χ0n) is 16.0. The molecule has 0 spiro atoms. The molecule has 0 atom stereocenters. The van der Waals surface area contributed by atoms with Gasteiger partial charge >= 0.3 is 5.69 Å². The molecule has 3 N–H and O–H groups in total. The highest BCUT2D eigenvalue weighted by Gasteiger charge is 2.20. The fourth-order valence-electron chi connectivity index (χ4n) is 3.01. The number of nitrogen functional groups attached to an aromatic ring is 1. The predicted molar refractivity (Wildman–Crippen MR) is 107 cm³/mol. The van der Waals surface area contributed by atoms with Crippen LogP contribution in [0, 0.1) is 0 Å². The van der Waals surface area contributed by atoms with Gasteiger partial charge in [-0.1, -0.05) is 31.5 Å². The van der Waals surface area contributed by atoms with Gasteiger partial charge in [0.1, 0.15) is 11.5 Å². The standard InChI is InChI=1S/C18H24N8O2/c1-3-5-11-25-16(19)15(17(27)20-18(25)28)24(4-2)12-14-21-22-23-26(14)13-9-7-6-8-10-13/h6-10H,3-5,11-12,19H2,1-2H3,(H,20,27,28). The summed E-state index contributed by atoms with van der Waals surface area (Å²) in [5.41, 5.74) is 6.27. The number of tetrazole rings is 1. The highest BCUT2D eigenvalue weighted by atomic mass is 16.2. The summed E-state index contributed by atoms with van der Waals surface area (Å²) in [5, 5.41) is 11.9. The summed E-state index contributed by atoms with van der Waals surface area (Å²) in [7, 11) is 0. The molecule has 28 heavy (non-hydrogen) atoms. The molecule has 10 heteroatoms. The third-order valence-electron chi connectivity index (χ3n) is 4.51. The van der Waals surface area contributed by atoms with E-state index >= 15 is 0 Å². The van der Waals surface area contributed by atoms with E-state index in [4.69, 9.17) is 5.73 Å². The molecular weight excluding hydrogens is 360 g/mol. The van der Waals surface area contributed by atoms with Crippen molar-refractivity contribution in [2.24, 2.45) is 0 Å². The number of rotatable bonds is 8. The number of nitrogens with zero attached hydrogens (tertiary/aromatic N) is 6. The summed E-state index contributed by atoms with van der Waals surface area (Å²) in [6.07, 6.45) is 1.69. The Balaban J connectivity index is 1.99. The molecule has 2 aromatic heterocycles. The molecule has 0 aliphatic carbocycles. The molecule has 0 aliphatic rings. The lowest BCUT2D eigenvalue weighted by atomic mass is 10.3. The van der Waals surface area contributed by atoms with Crippen molar-refractivity contribution in [1.82, 2.24) is 29.8 Å². The maximum Gasteiger partial charge on any atom is 0.330 e. The normalized spacial score (nSPS) is 10.9. The van der Waals surface area contributed by atoms with Crippen molar-refractivity contribution in [2.75, 3.05) is 17.2 Å². The smallest absolute Gasteiger partial charge is 0.330 e. The van der Waals surface area contributed by atoms with Gasteiger partial charge in [-0.25, -0.2) is 4.79 Å². The van der Waals surface area contributed by atoms with E-state index in [0.29, 0.717) is 18.9 Å². The molecular formula is C18H24N8O2. The molecule has 1 aromatic carbocycles. The maximum absolute atomic E-state index is 12.5. The third kappa shape index (κ3) is 3.80. The van der Waals surface area contributed by atoms with Crippen molar-refractivity contribution >= 4 is 11.5 Å². The maximum atomic E-state index is 12.5. The average molecular weight is 384 g/mol. The van der Waals surface area contributed by atoms with Gasteiger partial charge in [-0.2, -0.15) is 4.68 Å². The quantitative estimate of drug-likeness (QED) is 0.591. The van der Waals surface area contributed by atoms with Crippen molar-refractivity contribution in [1.29, 1.82) is 0 Å². The Morgan fingerprint density at radius 3 is 2.61 bits per heavy atom. The molecule has 0 saturated heterocycles. The van der Waals surface area contributed by atoms with Crippen molar-refractivity contribution in [3.63, 3.8) is 0 Å². The lowest BCUT2D eigenvalue weighted by Gasteiger charge is -2.24. The molecule has 148 valence electrons. The lowest BCUT2D eigenvalue weighted by molar-refractivity contribution is 0.601. The van der Waals surface area contributed by atoms with E-state index in [1.165, 1.54) is 4.57 Å². The van der Waals surface area contributed by atoms with Crippen LogP contribution in [0.5, 0.6) is 0 Å². The second kappa shape index (κ2) is 8.51. The summed E-state index contributed by atoms with van der Waals surface area (Å²) >= 11 is 0. The van der Waals surface area contributed by atoms with Gasteiger partial charge in [0, 0.05) is 13.1 Å². The van der Waals surface area contributed by atoms with E-state index in [1.807, 2.05) is 44.2 Å². The number of unbranched alkanes of at least 4 members (excludes halogenated alkanes) is 1. The highest BCUT2D eigenvalue weighted by Crippen LogP contribution is 2.19. The van der Waals surface area contributed by atoms with Crippen molar-refractivity contribution < 1.29 is 0 Å². The van der Waals surface area contributed by atoms with Crippen molar-refractivity contribution in [3.05, 3.63) is 57.0 Å². The molecule has 0 fully saturated rings. The number of H-pyrrole nitrogens is 1. The molecule has 0 unspecified atom stereocenters. The number of nitrogens with two attached hydrogens (primary N) is 1. The second-order valence-corrected chi connectivity index (χ2v) is 6.35. The summed E-state index contributed by atoms with van der Waals surface area (Å²) in [6, 6.07) is 9.48. The number of nitrogens with one attached hydrogen (secondary N) is 1. The van der Waals surface area contributed by atoms with E-state index in [0.717, 1.165) is 18.5 Å². The second-order valence-electron chi connectivity index (χ2n) is 6.35. The van der Waals surface area contributed by atoms with Crippen LogP contribution in [0.15, 0.2) is 39.9 Å². The Bertz CT molecular complexity index is 1040. The number of hydrogen-bond acceptors (Lipinski definition) is 7. The molecule has 3 rings (SSSR count). The van der Waals surface area contributed by atoms with Crippen LogP contribution in [-0.4, -0.2) is 36.3 Å². The fourth-order valence-corrected chi connectivity index (χ4v) is 3.01. The molecule has 10 nitrogen and oxygen atoms in total. The Labute approximate surface area is 161 Å². The van der Waals surface area contributed by atoms with Crippen LogP contribution in [0.4, 0.5) is 11.5 Å². The Morgan fingerprint density at radius 1 is 1.18 bits per heavy atom. The van der Waals surface area contributed by atoms with Crippen LogP contribution < -0.4 is 21.9 Å². The van der Waals surface area contributed by atoms with Gasteiger partial charge in [0.15, 0.2) is 5.82 Å². The van der Waals surface area contributed by atoms with E-state index in [1.54, 1.807) is 9.58 Å². The summed E-state index contributed by atoms with van der Waals surface area (Å²) in [5.74, 6) is 0.709. The summed E-state index contributed by atoms with van der Waals surface area (Å²) in [6.45, 7) is 5.12. The van der Waals surface area contributed by atoms with Gasteiger partial charge in [-0.3, -0.25) is 14.3 Å². The SMILES string of the molecule is CCCCn1c(N)c(N(CC)Cc2nnnn2-c2ccccc2)c(=O)[nH]c1=O. The minimum Gasteiger partial charge on any atom is -0.383 e. The number of anilines is 2. The van der Waals surface area contributed by atoms with E-state index < -0.39 is 11.2 Å². The minimum absolute atomic E-state index is 0.155. The number of para-hydroxylation sites is 1. The predicted octanol–water partition coefficient (Wildman–Crippen LogP) is 0.921. The first-order chi connectivity index (χ1) is 13.6. The molecule has 0 bridgehead atoms. The van der Waals surface area contributed by atoms with E-state index in [-0.39, 0.29) is 18.1 Å². The van der Waals surface area contributed by atoms with Crippen LogP contribution in [0.25, 0.3) is 5.69 Å². The molecule has 0 aliphatic heterocycles. The van der Waals surface area contributed by atoms with Crippen LogP contribution in [0.2, 0.25) is 0 Å². The first-order valence-corrected chi connectivity index (χ1v) is 9.27. The molecule has 0 saturated carbocycles. The largest absolute Gasteiger partial charge is 0.383 e. The minimum atomic E-state index is -0.518. The third-order valence-corrected chi connectivity index (χ3v) is 4.51. The van der Waals surface area contributed by atoms with Gasteiger partial charge < -0.3 is 10.6 Å². The van der Waals surface area contributed by atoms with Crippen LogP contribution in [0.1, 0.15) is 32.5 Å². The zero-order chi connectivity index (χ0) is 20.1. The number of aromatic nitrogens is 6. The number of hydrogen-bond donors (Lipinski definition) is 2. The van der Waals surface area contributed by atoms with E-state index in [9.17, 15) is 9.59 Å². The van der Waals surface area contributed by atoms with Crippen LogP contribution in [0.3, 0.4) is 0 Å². The van der Waals surface area contributed by atoms with E-state index in [2.05, 4.69) is 20.5 Å². The van der Waals surface area contributed by atoms with Gasteiger partial charge in [-0.15, -0.1) is 5.10 Å². The summed E-state index contributed by atoms with van der Waals surface area (Å²) in [4.78, 5) is 28.8. The molecule has 0 radical (unpaired) electrons. The fraction of sp³-hybridized carbons (Fsp3) is 0.389. The lowest BCUT2D eigenvalue weighted by Crippen LogP contribution is -2.38. The topological polar surface area (TPSA) is 128 Å². The first-order valence-electron chi connectivity index (χ1n) is 9.27. The molecule has 3 aromatic rings. The van der Waals surface area contributed by atoms with Gasteiger partial charge in [0.25, 0.3) is 5.56 Å². The van der Waals surface area contributed by atoms with Gasteiger partial charge in [-0.05, 0) is 35.9 Å². The Morgan fingerprint density at radius 2 is 1.93 bits per heavy atom. The van der Waals surface area contributed by atoms with Crippen molar-refractivity contribution in [3.8, 4) is 5.69 Å². The van der Waals surface area contributed by atoms with Gasteiger partial charge in [0.05, 0.1) is 12.2 Å². The molecule has 0 amide bonds. The van der Waals surface area contributed by atoms with Crippen LogP contribution >= 0.6 is 0 Å². The first kappa shape index (κ1) is 19.3. The van der Waals surface area contributed by atoms with Crippen LogP contribution in [-0.2, 0) is 13.1 Å². The summed E-state index contributed by atoms with van der Waals surface area (Å²) < 4.78 is 3.02. The molecule has 2 heterocycles.